The molecule has 0 fully saturated rings. The lowest BCUT2D eigenvalue weighted by Gasteiger charge is -2.09. The molecular formula is C14H10N2O3. The van der Waals surface area contributed by atoms with E-state index in [4.69, 9.17) is 4.74 Å². The van der Waals surface area contributed by atoms with E-state index in [1.807, 2.05) is 24.3 Å². The minimum absolute atomic E-state index is 0.00704. The molecule has 1 heterocycles. The first-order valence-electron chi connectivity index (χ1n) is 5.72. The van der Waals surface area contributed by atoms with Gasteiger partial charge in [0.05, 0.1) is 23.1 Å². The molecule has 3 aromatic rings. The van der Waals surface area contributed by atoms with Crippen LogP contribution in [-0.4, -0.2) is 17.0 Å². The highest BCUT2D eigenvalue weighted by atomic mass is 16.6. The molecule has 0 saturated carbocycles. The van der Waals surface area contributed by atoms with E-state index in [1.165, 1.54) is 13.2 Å². The lowest BCUT2D eigenvalue weighted by molar-refractivity contribution is -0.383. The van der Waals surface area contributed by atoms with Crippen LogP contribution in [0.25, 0.3) is 21.8 Å². The number of para-hydroxylation sites is 1. The van der Waals surface area contributed by atoms with Crippen molar-refractivity contribution in [1.29, 1.82) is 0 Å². The molecule has 0 aliphatic rings. The second kappa shape index (κ2) is 4.20. The molecule has 94 valence electrons. The van der Waals surface area contributed by atoms with Gasteiger partial charge in [-0.15, -0.1) is 0 Å². The number of hydrogen-bond donors (Lipinski definition) is 0. The Morgan fingerprint density at radius 1 is 1.11 bits per heavy atom. The number of nitrogens with zero attached hydrogens (tertiary/aromatic N) is 2. The number of pyridine rings is 1. The molecule has 0 unspecified atom stereocenters. The molecule has 0 amide bonds. The van der Waals surface area contributed by atoms with Gasteiger partial charge in [-0.05, 0) is 18.2 Å². The maximum Gasteiger partial charge on any atom is 0.282 e. The van der Waals surface area contributed by atoms with E-state index in [2.05, 4.69) is 4.98 Å². The summed E-state index contributed by atoms with van der Waals surface area (Å²) in [6.07, 6.45) is 0. The fourth-order valence-electron chi connectivity index (χ4n) is 2.25. The summed E-state index contributed by atoms with van der Waals surface area (Å²) < 4.78 is 5.39. The van der Waals surface area contributed by atoms with Crippen LogP contribution in [0.5, 0.6) is 5.75 Å². The first kappa shape index (κ1) is 11.4. The maximum absolute atomic E-state index is 11.1. The molecule has 0 spiro atoms. The molecule has 2 aromatic carbocycles. The van der Waals surface area contributed by atoms with E-state index in [-0.39, 0.29) is 5.69 Å². The van der Waals surface area contributed by atoms with Crippen molar-refractivity contribution in [2.45, 2.75) is 0 Å². The molecule has 0 radical (unpaired) electrons. The second-order valence-corrected chi connectivity index (χ2v) is 4.09. The lowest BCUT2D eigenvalue weighted by atomic mass is 10.1. The Hall–Kier alpha value is -2.69. The van der Waals surface area contributed by atoms with E-state index in [0.29, 0.717) is 16.7 Å². The minimum Gasteiger partial charge on any atom is -0.495 e. The summed E-state index contributed by atoms with van der Waals surface area (Å²) in [6, 6.07) is 12.3. The summed E-state index contributed by atoms with van der Waals surface area (Å²) in [5, 5.41) is 12.4. The number of fused-ring (bicyclic) bond motifs is 2. The van der Waals surface area contributed by atoms with Gasteiger partial charge in [-0.25, -0.2) is 4.98 Å². The standard InChI is InChI=1S/C14H10N2O3/c1-19-14-9-5-2-3-6-10(9)15-11-7-4-8-12(13(11)14)16(17)18/h2-8H,1H3. The van der Waals surface area contributed by atoms with Crippen LogP contribution in [-0.2, 0) is 0 Å². The molecule has 5 nitrogen and oxygen atoms in total. The van der Waals surface area contributed by atoms with Crippen molar-refractivity contribution in [3.8, 4) is 5.75 Å². The Morgan fingerprint density at radius 2 is 1.84 bits per heavy atom. The summed E-state index contributed by atoms with van der Waals surface area (Å²) in [5.74, 6) is 0.493. The van der Waals surface area contributed by atoms with E-state index in [1.54, 1.807) is 12.1 Å². The normalized spacial score (nSPS) is 10.8. The van der Waals surface area contributed by atoms with Crippen molar-refractivity contribution in [3.05, 3.63) is 52.6 Å². The number of hydrogen-bond acceptors (Lipinski definition) is 4. The summed E-state index contributed by atoms with van der Waals surface area (Å²) >= 11 is 0. The highest BCUT2D eigenvalue weighted by molar-refractivity contribution is 6.05. The Morgan fingerprint density at radius 3 is 2.58 bits per heavy atom. The summed E-state index contributed by atoms with van der Waals surface area (Å²) in [5.41, 5.74) is 1.32. The van der Waals surface area contributed by atoms with Crippen LogP contribution in [0, 0.1) is 10.1 Å². The van der Waals surface area contributed by atoms with Crippen molar-refractivity contribution in [2.75, 3.05) is 7.11 Å². The van der Waals surface area contributed by atoms with Crippen molar-refractivity contribution < 1.29 is 9.66 Å². The number of non-ortho nitro benzene ring substituents is 1. The zero-order chi connectivity index (χ0) is 13.4. The van der Waals surface area contributed by atoms with Gasteiger partial charge < -0.3 is 4.74 Å². The van der Waals surface area contributed by atoms with E-state index in [9.17, 15) is 10.1 Å². The molecule has 0 aliphatic heterocycles. The number of benzene rings is 2. The number of aromatic nitrogens is 1. The third kappa shape index (κ3) is 1.67. The van der Waals surface area contributed by atoms with Gasteiger partial charge in [0.15, 0.2) is 0 Å². The highest BCUT2D eigenvalue weighted by Crippen LogP contribution is 2.37. The predicted octanol–water partition coefficient (Wildman–Crippen LogP) is 3.30. The predicted molar refractivity (Wildman–Crippen MR) is 72.5 cm³/mol. The van der Waals surface area contributed by atoms with E-state index >= 15 is 0 Å². The molecule has 0 atom stereocenters. The Kier molecular flexibility index (Phi) is 2.52. The van der Waals surface area contributed by atoms with E-state index < -0.39 is 4.92 Å². The largest absolute Gasteiger partial charge is 0.495 e. The van der Waals surface area contributed by atoms with Crippen LogP contribution in [0.1, 0.15) is 0 Å². The van der Waals surface area contributed by atoms with Gasteiger partial charge in [-0.1, -0.05) is 18.2 Å². The molecule has 0 N–H and O–H groups in total. The fourth-order valence-corrected chi connectivity index (χ4v) is 2.25. The topological polar surface area (TPSA) is 65.3 Å². The average molecular weight is 254 g/mol. The zero-order valence-electron chi connectivity index (χ0n) is 10.2. The monoisotopic (exact) mass is 254 g/mol. The number of nitro groups is 1. The van der Waals surface area contributed by atoms with Crippen LogP contribution in [0.4, 0.5) is 5.69 Å². The first-order valence-corrected chi connectivity index (χ1v) is 5.72. The lowest BCUT2D eigenvalue weighted by Crippen LogP contribution is -1.95. The van der Waals surface area contributed by atoms with Crippen LogP contribution in [0.15, 0.2) is 42.5 Å². The van der Waals surface area contributed by atoms with Crippen LogP contribution in [0.2, 0.25) is 0 Å². The summed E-state index contributed by atoms with van der Waals surface area (Å²) in [6.45, 7) is 0. The SMILES string of the molecule is COc1c2ccccc2nc2cccc([N+](=O)[O-])c12. The second-order valence-electron chi connectivity index (χ2n) is 4.09. The molecule has 0 bridgehead atoms. The quantitative estimate of drug-likeness (QED) is 0.400. The molecule has 5 heteroatoms. The number of methoxy groups -OCH3 is 1. The molecular weight excluding hydrogens is 244 g/mol. The van der Waals surface area contributed by atoms with Gasteiger partial charge >= 0.3 is 0 Å². The number of rotatable bonds is 2. The van der Waals surface area contributed by atoms with Crippen molar-refractivity contribution in [3.63, 3.8) is 0 Å². The van der Waals surface area contributed by atoms with E-state index in [0.717, 1.165) is 10.9 Å². The van der Waals surface area contributed by atoms with Gasteiger partial charge in [0.25, 0.3) is 5.69 Å². The number of ether oxygens (including phenoxy) is 1. The molecule has 0 aliphatic carbocycles. The molecule has 3 rings (SSSR count). The fraction of sp³-hybridized carbons (Fsp3) is 0.0714. The smallest absolute Gasteiger partial charge is 0.282 e. The first-order chi connectivity index (χ1) is 9.22. The molecule has 19 heavy (non-hydrogen) atoms. The van der Waals surface area contributed by atoms with Gasteiger partial charge in [-0.3, -0.25) is 10.1 Å². The third-order valence-electron chi connectivity index (χ3n) is 3.04. The third-order valence-corrected chi connectivity index (χ3v) is 3.04. The van der Waals surface area contributed by atoms with Crippen LogP contribution >= 0.6 is 0 Å². The molecule has 1 aromatic heterocycles. The summed E-state index contributed by atoms with van der Waals surface area (Å²) in [4.78, 5) is 15.2. The van der Waals surface area contributed by atoms with Crippen molar-refractivity contribution in [2.24, 2.45) is 0 Å². The average Bonchev–Trinajstić information content (AvgIpc) is 2.43. The van der Waals surface area contributed by atoms with Crippen LogP contribution in [0.3, 0.4) is 0 Å². The summed E-state index contributed by atoms with van der Waals surface area (Å²) in [7, 11) is 1.51. The Labute approximate surface area is 108 Å². The highest BCUT2D eigenvalue weighted by Gasteiger charge is 2.19. The van der Waals surface area contributed by atoms with Crippen molar-refractivity contribution >= 4 is 27.5 Å². The zero-order valence-corrected chi connectivity index (χ0v) is 10.2. The molecule has 0 saturated heterocycles. The van der Waals surface area contributed by atoms with Crippen molar-refractivity contribution in [1.82, 2.24) is 4.98 Å². The van der Waals surface area contributed by atoms with Crippen LogP contribution < -0.4 is 4.74 Å². The Bertz CT molecular complexity index is 799. The van der Waals surface area contributed by atoms with Gasteiger partial charge in [0.1, 0.15) is 11.1 Å². The minimum atomic E-state index is -0.415. The van der Waals surface area contributed by atoms with Gasteiger partial charge in [0, 0.05) is 11.5 Å². The van der Waals surface area contributed by atoms with Gasteiger partial charge in [0.2, 0.25) is 0 Å². The van der Waals surface area contributed by atoms with Gasteiger partial charge in [-0.2, -0.15) is 0 Å². The Balaban J connectivity index is 2.57. The maximum atomic E-state index is 11.1. The number of nitro benzene ring substituents is 1.